The van der Waals surface area contributed by atoms with Gasteiger partial charge in [0.15, 0.2) is 0 Å². The monoisotopic (exact) mass is 504 g/mol. The molecule has 5 rings (SSSR count). The summed E-state index contributed by atoms with van der Waals surface area (Å²) in [5.74, 6) is 2.04. The smallest absolute Gasteiger partial charge is 0.270 e. The molecule has 2 N–H and O–H groups in total. The van der Waals surface area contributed by atoms with Crippen LogP contribution in [0.15, 0.2) is 70.2 Å². The molecule has 0 atom stereocenters. The van der Waals surface area contributed by atoms with Crippen molar-refractivity contribution in [3.05, 3.63) is 81.6 Å². The maximum atomic E-state index is 11.1. The molecule has 182 valence electrons. The molecule has 0 aliphatic carbocycles. The van der Waals surface area contributed by atoms with E-state index in [4.69, 9.17) is 16.0 Å². The molecule has 1 fully saturated rings. The molecule has 36 heavy (non-hydrogen) atoms. The zero-order valence-corrected chi connectivity index (χ0v) is 19.7. The normalized spacial score (nSPS) is 13.3. The molecular formula is C24H21ClN8O3. The summed E-state index contributed by atoms with van der Waals surface area (Å²) in [6.07, 6.45) is 3.63. The minimum Gasteiger partial charge on any atom is -0.455 e. The van der Waals surface area contributed by atoms with Crippen molar-refractivity contribution in [1.29, 1.82) is 0 Å². The van der Waals surface area contributed by atoms with Gasteiger partial charge in [-0.05, 0) is 43.2 Å². The minimum atomic E-state index is -0.485. The summed E-state index contributed by atoms with van der Waals surface area (Å²) in [4.78, 5) is 26.2. The fourth-order valence-corrected chi connectivity index (χ4v) is 3.93. The Kier molecular flexibility index (Phi) is 6.72. The van der Waals surface area contributed by atoms with Gasteiger partial charge in [-0.2, -0.15) is 20.1 Å². The molecule has 2 aromatic carbocycles. The Hall–Kier alpha value is -4.51. The topological polar surface area (TPSA) is 135 Å². The lowest BCUT2D eigenvalue weighted by atomic mass is 10.1. The number of nitro groups is 1. The van der Waals surface area contributed by atoms with Crippen LogP contribution in [0.5, 0.6) is 0 Å². The van der Waals surface area contributed by atoms with Gasteiger partial charge in [0.2, 0.25) is 17.8 Å². The molecule has 3 heterocycles. The number of benzene rings is 2. The Morgan fingerprint density at radius 1 is 1.03 bits per heavy atom. The number of nitrogens with one attached hydrogen (secondary N) is 2. The van der Waals surface area contributed by atoms with Gasteiger partial charge in [-0.25, -0.2) is 5.43 Å². The van der Waals surface area contributed by atoms with Crippen molar-refractivity contribution in [3.8, 4) is 11.3 Å². The molecule has 11 nitrogen and oxygen atoms in total. The van der Waals surface area contributed by atoms with Crippen molar-refractivity contribution in [3.63, 3.8) is 0 Å². The number of para-hydroxylation sites is 1. The molecule has 0 spiro atoms. The van der Waals surface area contributed by atoms with Crippen LogP contribution in [-0.4, -0.2) is 39.2 Å². The number of nitro benzene ring substituents is 1. The van der Waals surface area contributed by atoms with Crippen LogP contribution in [0, 0.1) is 10.1 Å². The summed E-state index contributed by atoms with van der Waals surface area (Å²) >= 11 is 6.21. The molecule has 2 aromatic heterocycles. The summed E-state index contributed by atoms with van der Waals surface area (Å²) in [5.41, 5.74) is 4.03. The van der Waals surface area contributed by atoms with Crippen LogP contribution in [0.2, 0.25) is 5.02 Å². The highest BCUT2D eigenvalue weighted by molar-refractivity contribution is 6.33. The highest BCUT2D eigenvalue weighted by atomic mass is 35.5. The highest BCUT2D eigenvalue weighted by Crippen LogP contribution is 2.32. The second-order valence-electron chi connectivity index (χ2n) is 7.96. The zero-order chi connectivity index (χ0) is 24.9. The van der Waals surface area contributed by atoms with Crippen LogP contribution in [0.4, 0.5) is 29.2 Å². The Labute approximate surface area is 211 Å². The van der Waals surface area contributed by atoms with E-state index < -0.39 is 4.92 Å². The number of anilines is 4. The van der Waals surface area contributed by atoms with Crippen molar-refractivity contribution in [2.24, 2.45) is 5.10 Å². The summed E-state index contributed by atoms with van der Waals surface area (Å²) in [6, 6.07) is 17.2. The predicted octanol–water partition coefficient (Wildman–Crippen LogP) is 5.48. The summed E-state index contributed by atoms with van der Waals surface area (Å²) < 4.78 is 5.76. The van der Waals surface area contributed by atoms with E-state index in [0.717, 1.165) is 31.6 Å². The van der Waals surface area contributed by atoms with E-state index in [0.29, 0.717) is 34.0 Å². The fraction of sp³-hybridized carbons (Fsp3) is 0.167. The van der Waals surface area contributed by atoms with Gasteiger partial charge in [0.1, 0.15) is 11.5 Å². The highest BCUT2D eigenvalue weighted by Gasteiger charge is 2.18. The standard InChI is InChI=1S/C24H21ClN8O3/c25-20-10-8-17(33(34)35)14-19(20)21-11-9-18(36-21)15-26-31-23-28-22(27-16-6-2-1-3-7-16)29-24(30-23)32-12-4-5-13-32/h1-3,6-11,14-15H,4-5,12-13H2,(H2,27,28,29,30,31)/b26-15-. The van der Waals surface area contributed by atoms with Gasteiger partial charge in [0, 0.05) is 36.5 Å². The average molecular weight is 505 g/mol. The number of rotatable bonds is 8. The van der Waals surface area contributed by atoms with E-state index in [1.165, 1.54) is 24.4 Å². The maximum absolute atomic E-state index is 11.1. The summed E-state index contributed by atoms with van der Waals surface area (Å²) in [5, 5.41) is 18.8. The van der Waals surface area contributed by atoms with Crippen molar-refractivity contribution in [1.82, 2.24) is 15.0 Å². The second-order valence-corrected chi connectivity index (χ2v) is 8.37. The number of aromatic nitrogens is 3. The fourth-order valence-electron chi connectivity index (χ4n) is 3.72. The first-order valence-corrected chi connectivity index (χ1v) is 11.6. The number of halogens is 1. The quantitative estimate of drug-likeness (QED) is 0.181. The number of hydrazone groups is 1. The van der Waals surface area contributed by atoms with E-state index in [2.05, 4.69) is 35.7 Å². The molecule has 1 aliphatic rings. The van der Waals surface area contributed by atoms with Gasteiger partial charge in [-0.3, -0.25) is 10.1 Å². The lowest BCUT2D eigenvalue weighted by Gasteiger charge is -2.16. The molecule has 1 aliphatic heterocycles. The Balaban J connectivity index is 1.34. The molecule has 0 amide bonds. The van der Waals surface area contributed by atoms with E-state index >= 15 is 0 Å². The molecule has 0 unspecified atom stereocenters. The van der Waals surface area contributed by atoms with Crippen molar-refractivity contribution in [2.45, 2.75) is 12.8 Å². The molecule has 12 heteroatoms. The maximum Gasteiger partial charge on any atom is 0.270 e. The van der Waals surface area contributed by atoms with Crippen LogP contribution in [0.1, 0.15) is 18.6 Å². The van der Waals surface area contributed by atoms with Gasteiger partial charge in [0.25, 0.3) is 5.69 Å². The summed E-state index contributed by atoms with van der Waals surface area (Å²) in [7, 11) is 0. The second kappa shape index (κ2) is 10.4. The third-order valence-corrected chi connectivity index (χ3v) is 5.78. The number of hydrogen-bond donors (Lipinski definition) is 2. The minimum absolute atomic E-state index is 0.0776. The first-order chi connectivity index (χ1) is 17.5. The van der Waals surface area contributed by atoms with Crippen LogP contribution < -0.4 is 15.6 Å². The zero-order valence-electron chi connectivity index (χ0n) is 19.0. The van der Waals surface area contributed by atoms with E-state index in [1.807, 2.05) is 30.3 Å². The van der Waals surface area contributed by atoms with Gasteiger partial charge >= 0.3 is 0 Å². The summed E-state index contributed by atoms with van der Waals surface area (Å²) in [6.45, 7) is 1.76. The number of furan rings is 1. The molecule has 1 saturated heterocycles. The van der Waals surface area contributed by atoms with E-state index in [9.17, 15) is 10.1 Å². The van der Waals surface area contributed by atoms with E-state index in [-0.39, 0.29) is 11.6 Å². The third kappa shape index (κ3) is 5.41. The largest absolute Gasteiger partial charge is 0.455 e. The first kappa shape index (κ1) is 23.2. The van der Waals surface area contributed by atoms with Crippen LogP contribution in [0.3, 0.4) is 0 Å². The first-order valence-electron chi connectivity index (χ1n) is 11.2. The Morgan fingerprint density at radius 2 is 1.81 bits per heavy atom. The average Bonchev–Trinajstić information content (AvgIpc) is 3.58. The molecule has 0 saturated carbocycles. The SMILES string of the molecule is O=[N+]([O-])c1ccc(Cl)c(-c2ccc(/C=N\Nc3nc(Nc4ccccc4)nc(N4CCCC4)n3)o2)c1. The van der Waals surface area contributed by atoms with Gasteiger partial charge in [0.05, 0.1) is 16.2 Å². The lowest BCUT2D eigenvalue weighted by molar-refractivity contribution is -0.384. The van der Waals surface area contributed by atoms with Crippen LogP contribution >= 0.6 is 11.6 Å². The van der Waals surface area contributed by atoms with Crippen LogP contribution in [-0.2, 0) is 0 Å². The molecular weight excluding hydrogens is 484 g/mol. The number of hydrogen-bond acceptors (Lipinski definition) is 10. The Bertz CT molecular complexity index is 1400. The lowest BCUT2D eigenvalue weighted by Crippen LogP contribution is -2.21. The van der Waals surface area contributed by atoms with Gasteiger partial charge in [-0.15, -0.1) is 0 Å². The van der Waals surface area contributed by atoms with Crippen molar-refractivity contribution >= 4 is 47.0 Å². The Morgan fingerprint density at radius 3 is 2.58 bits per heavy atom. The molecule has 0 radical (unpaired) electrons. The number of non-ortho nitro benzene ring substituents is 1. The van der Waals surface area contributed by atoms with Crippen molar-refractivity contribution in [2.75, 3.05) is 28.7 Å². The van der Waals surface area contributed by atoms with Crippen molar-refractivity contribution < 1.29 is 9.34 Å². The van der Waals surface area contributed by atoms with Gasteiger partial charge in [-0.1, -0.05) is 29.8 Å². The molecule has 0 bridgehead atoms. The molecule has 4 aromatic rings. The predicted molar refractivity (Wildman–Crippen MR) is 138 cm³/mol. The van der Waals surface area contributed by atoms with Gasteiger partial charge < -0.3 is 14.6 Å². The van der Waals surface area contributed by atoms with Crippen LogP contribution in [0.25, 0.3) is 11.3 Å². The third-order valence-electron chi connectivity index (χ3n) is 5.45. The van der Waals surface area contributed by atoms with E-state index in [1.54, 1.807) is 12.1 Å². The number of nitrogens with zero attached hydrogens (tertiary/aromatic N) is 6.